The Bertz CT molecular complexity index is 718. The van der Waals surface area contributed by atoms with Gasteiger partial charge >= 0.3 is 0 Å². The Labute approximate surface area is 136 Å². The van der Waals surface area contributed by atoms with E-state index < -0.39 is 5.97 Å². The van der Waals surface area contributed by atoms with Crippen molar-refractivity contribution in [1.82, 2.24) is 0 Å². The van der Waals surface area contributed by atoms with Crippen molar-refractivity contribution in [3.05, 3.63) is 47.0 Å². The van der Waals surface area contributed by atoms with Crippen LogP contribution in [0.2, 0.25) is 0 Å². The Morgan fingerprint density at radius 1 is 1.39 bits per heavy atom. The molecule has 3 heteroatoms. The number of carbonyl (C=O) groups is 2. The molecule has 0 aliphatic heterocycles. The van der Waals surface area contributed by atoms with Crippen LogP contribution in [0.25, 0.3) is 0 Å². The van der Waals surface area contributed by atoms with Gasteiger partial charge in [-0.25, -0.2) is 0 Å². The number of carboxylic acid groups (broad SMARTS) is 1. The minimum atomic E-state index is -1.10. The summed E-state index contributed by atoms with van der Waals surface area (Å²) in [7, 11) is 0. The van der Waals surface area contributed by atoms with Gasteiger partial charge in [0.05, 0.1) is 0 Å². The third kappa shape index (κ3) is 2.25. The summed E-state index contributed by atoms with van der Waals surface area (Å²) < 4.78 is 0. The summed E-state index contributed by atoms with van der Waals surface area (Å²) in [5.41, 5.74) is 2.81. The molecule has 0 radical (unpaired) electrons. The van der Waals surface area contributed by atoms with Crippen molar-refractivity contribution in [1.29, 1.82) is 0 Å². The van der Waals surface area contributed by atoms with Gasteiger partial charge in [0.25, 0.3) is 0 Å². The smallest absolute Gasteiger partial charge is 0.163 e. The van der Waals surface area contributed by atoms with Gasteiger partial charge in [0, 0.05) is 24.4 Å². The zero-order chi connectivity index (χ0) is 16.2. The molecule has 23 heavy (non-hydrogen) atoms. The number of rotatable bonds is 2. The lowest BCUT2D eigenvalue weighted by molar-refractivity contribution is -0.304. The number of ketones is 1. The summed E-state index contributed by atoms with van der Waals surface area (Å²) in [5, 5.41) is 10.8. The van der Waals surface area contributed by atoms with Crippen LogP contribution < -0.4 is 5.11 Å². The van der Waals surface area contributed by atoms with Crippen LogP contribution in [0.5, 0.6) is 0 Å². The molecule has 1 fully saturated rings. The molecular weight excluding hydrogens is 288 g/mol. The monoisotopic (exact) mass is 309 g/mol. The fourth-order valence-electron chi connectivity index (χ4n) is 5.21. The molecule has 1 aromatic carbocycles. The number of fused-ring (bicyclic) bond motifs is 5. The van der Waals surface area contributed by atoms with E-state index in [2.05, 4.69) is 19.1 Å². The largest absolute Gasteiger partial charge is 0.550 e. The third-order valence-corrected chi connectivity index (χ3v) is 6.35. The highest BCUT2D eigenvalue weighted by atomic mass is 16.4. The number of hydrogen-bond donors (Lipinski definition) is 0. The molecular formula is C20H21O3-. The summed E-state index contributed by atoms with van der Waals surface area (Å²) in [6.45, 7) is 2.33. The Morgan fingerprint density at radius 2 is 2.22 bits per heavy atom. The zero-order valence-corrected chi connectivity index (χ0v) is 13.4. The first-order valence-corrected chi connectivity index (χ1v) is 8.51. The van der Waals surface area contributed by atoms with Crippen molar-refractivity contribution in [2.45, 2.75) is 44.9 Å². The molecule has 3 aliphatic rings. The van der Waals surface area contributed by atoms with Crippen LogP contribution in [-0.4, -0.2) is 11.8 Å². The van der Waals surface area contributed by atoms with Gasteiger partial charge in [0.15, 0.2) is 5.78 Å². The second-order valence-electron chi connectivity index (χ2n) is 7.66. The van der Waals surface area contributed by atoms with Crippen LogP contribution in [0.3, 0.4) is 0 Å². The Balaban J connectivity index is 1.71. The van der Waals surface area contributed by atoms with Gasteiger partial charge in [-0.2, -0.15) is 0 Å². The summed E-state index contributed by atoms with van der Waals surface area (Å²) in [6.07, 6.45) is 8.50. The van der Waals surface area contributed by atoms with Crippen LogP contribution in [-0.2, 0) is 11.2 Å². The molecule has 0 spiro atoms. The maximum atomic E-state index is 12.7. The molecule has 0 heterocycles. The maximum absolute atomic E-state index is 12.7. The molecule has 0 saturated heterocycles. The maximum Gasteiger partial charge on any atom is 0.163 e. The van der Waals surface area contributed by atoms with Crippen LogP contribution in [0.1, 0.15) is 60.0 Å². The van der Waals surface area contributed by atoms with E-state index in [0.29, 0.717) is 29.7 Å². The van der Waals surface area contributed by atoms with Crippen LogP contribution in [0.4, 0.5) is 0 Å². The zero-order valence-electron chi connectivity index (χ0n) is 13.4. The fourth-order valence-corrected chi connectivity index (χ4v) is 5.21. The molecule has 4 atom stereocenters. The van der Waals surface area contributed by atoms with E-state index in [0.717, 1.165) is 24.0 Å². The average molecular weight is 309 g/mol. The number of aliphatic carboxylic acids is 1. The highest BCUT2D eigenvalue weighted by molar-refractivity contribution is 5.99. The summed E-state index contributed by atoms with van der Waals surface area (Å²) in [5.74, 6) is 0.517. The molecule has 0 aromatic heterocycles. The normalized spacial score (nSPS) is 34.7. The van der Waals surface area contributed by atoms with Crippen molar-refractivity contribution in [2.75, 3.05) is 0 Å². The summed E-state index contributed by atoms with van der Waals surface area (Å²) in [4.78, 5) is 23.5. The molecule has 3 aliphatic carbocycles. The first-order valence-electron chi connectivity index (χ1n) is 8.51. The van der Waals surface area contributed by atoms with E-state index in [4.69, 9.17) is 0 Å². The van der Waals surface area contributed by atoms with Crippen molar-refractivity contribution >= 4 is 11.8 Å². The highest BCUT2D eigenvalue weighted by Crippen LogP contribution is 2.58. The van der Waals surface area contributed by atoms with Gasteiger partial charge in [-0.15, -0.1) is 0 Å². The molecule has 0 N–H and O–H groups in total. The quantitative estimate of drug-likeness (QED) is 0.789. The molecule has 120 valence electrons. The predicted molar refractivity (Wildman–Crippen MR) is 84.9 cm³/mol. The second kappa shape index (κ2) is 5.05. The Kier molecular flexibility index (Phi) is 3.22. The second-order valence-corrected chi connectivity index (χ2v) is 7.66. The minimum absolute atomic E-state index is 0.126. The van der Waals surface area contributed by atoms with Gasteiger partial charge in [-0.1, -0.05) is 31.2 Å². The van der Waals surface area contributed by atoms with E-state index >= 15 is 0 Å². The minimum Gasteiger partial charge on any atom is -0.550 e. The van der Waals surface area contributed by atoms with Crippen molar-refractivity contribution in [3.8, 4) is 0 Å². The lowest BCUT2D eigenvalue weighted by atomic mass is 9.55. The van der Waals surface area contributed by atoms with Gasteiger partial charge in [0.1, 0.15) is 0 Å². The number of Topliss-reactive ketones (excluding diaryl/α,β-unsaturated/α-hetero) is 1. The summed E-state index contributed by atoms with van der Waals surface area (Å²) in [6, 6.07) is 5.63. The lowest BCUT2D eigenvalue weighted by Gasteiger charge is -2.48. The average Bonchev–Trinajstić information content (AvgIpc) is 2.89. The SMILES string of the molecule is C[C@@]12C=CC[C@H]1[C@@H]1CC(=O)c3cc(CC(=O)[O-])ccc3[C@H]1CC2. The summed E-state index contributed by atoms with van der Waals surface area (Å²) >= 11 is 0. The van der Waals surface area contributed by atoms with Gasteiger partial charge < -0.3 is 9.90 Å². The van der Waals surface area contributed by atoms with Gasteiger partial charge in [-0.05, 0) is 59.6 Å². The first kappa shape index (κ1) is 14.7. The number of benzene rings is 1. The van der Waals surface area contributed by atoms with E-state index in [-0.39, 0.29) is 17.6 Å². The highest BCUT2D eigenvalue weighted by Gasteiger charge is 2.49. The third-order valence-electron chi connectivity index (χ3n) is 6.35. The number of carboxylic acids is 1. The Morgan fingerprint density at radius 3 is 3.00 bits per heavy atom. The van der Waals surface area contributed by atoms with E-state index in [9.17, 15) is 14.7 Å². The van der Waals surface area contributed by atoms with E-state index in [1.807, 2.05) is 12.1 Å². The van der Waals surface area contributed by atoms with Crippen molar-refractivity contribution < 1.29 is 14.7 Å². The standard InChI is InChI=1S/C20H22O3/c1-20-7-2-3-17(20)15-11-18(21)16-9-12(10-19(22)23)4-5-13(16)14(15)6-8-20/h2,4-5,7,9,14-15,17H,3,6,8,10-11H2,1H3,(H,22,23)/p-1/t14-,15-,17+,20+/m1/s1. The molecule has 1 saturated carbocycles. The fraction of sp³-hybridized carbons (Fsp3) is 0.500. The van der Waals surface area contributed by atoms with Crippen LogP contribution >= 0.6 is 0 Å². The predicted octanol–water partition coefficient (Wildman–Crippen LogP) is 2.64. The molecule has 0 bridgehead atoms. The van der Waals surface area contributed by atoms with E-state index in [1.54, 1.807) is 6.07 Å². The molecule has 4 rings (SSSR count). The van der Waals surface area contributed by atoms with Crippen LogP contribution in [0, 0.1) is 17.3 Å². The number of carbonyl (C=O) groups excluding carboxylic acids is 2. The Hall–Kier alpha value is -1.90. The topological polar surface area (TPSA) is 57.2 Å². The van der Waals surface area contributed by atoms with E-state index in [1.165, 1.54) is 6.42 Å². The van der Waals surface area contributed by atoms with Crippen molar-refractivity contribution in [3.63, 3.8) is 0 Å². The molecule has 1 aromatic rings. The molecule has 0 amide bonds. The van der Waals surface area contributed by atoms with Gasteiger partial charge in [-0.3, -0.25) is 4.79 Å². The molecule has 3 nitrogen and oxygen atoms in total. The van der Waals surface area contributed by atoms with Crippen LogP contribution in [0.15, 0.2) is 30.4 Å². The van der Waals surface area contributed by atoms with Gasteiger partial charge in [0.2, 0.25) is 0 Å². The first-order chi connectivity index (χ1) is 11.0. The number of hydrogen-bond acceptors (Lipinski definition) is 3. The number of allylic oxidation sites excluding steroid dienone is 2. The lowest BCUT2D eigenvalue weighted by Crippen LogP contribution is -2.41. The van der Waals surface area contributed by atoms with Crippen molar-refractivity contribution in [2.24, 2.45) is 17.3 Å². The molecule has 0 unspecified atom stereocenters.